The minimum Gasteiger partial charge on any atom is -0.487 e. The summed E-state index contributed by atoms with van der Waals surface area (Å²) in [5.41, 5.74) is 6.98. The van der Waals surface area contributed by atoms with Crippen LogP contribution in [0.1, 0.15) is 28.6 Å². The minimum absolute atomic E-state index is 0.127. The van der Waals surface area contributed by atoms with E-state index in [-0.39, 0.29) is 12.0 Å². The molecule has 2 heterocycles. The van der Waals surface area contributed by atoms with E-state index in [9.17, 15) is 35.5 Å². The first-order chi connectivity index (χ1) is 21.2. The number of nitrogens with zero attached hydrogens (tertiary/aromatic N) is 3. The van der Waals surface area contributed by atoms with Gasteiger partial charge in [0.25, 0.3) is 5.91 Å². The first kappa shape index (κ1) is 39.7. The van der Waals surface area contributed by atoms with Crippen molar-refractivity contribution in [1.29, 1.82) is 0 Å². The summed E-state index contributed by atoms with van der Waals surface area (Å²) >= 11 is 1.32. The zero-order valence-corrected chi connectivity index (χ0v) is 25.5. The maximum absolute atomic E-state index is 13.8. The highest BCUT2D eigenvalue weighted by molar-refractivity contribution is 7.20. The third-order valence-corrected chi connectivity index (χ3v) is 6.54. The average Bonchev–Trinajstić information content (AvgIpc) is 3.29. The molecule has 46 heavy (non-hydrogen) atoms. The fraction of sp³-hybridized carbons (Fsp3) is 0.423. The average molecular weight is 689 g/mol. The second-order valence-electron chi connectivity index (χ2n) is 9.41. The molecule has 0 aliphatic carbocycles. The predicted molar refractivity (Wildman–Crippen MR) is 154 cm³/mol. The molecule has 1 atom stereocenters. The van der Waals surface area contributed by atoms with E-state index in [2.05, 4.69) is 25.5 Å². The molecule has 1 amide bonds. The lowest BCUT2D eigenvalue weighted by atomic mass is 10.2. The molecule has 0 aliphatic rings. The van der Waals surface area contributed by atoms with Gasteiger partial charge < -0.3 is 36.2 Å². The van der Waals surface area contributed by atoms with Crippen molar-refractivity contribution in [2.24, 2.45) is 5.73 Å². The number of rotatable bonds is 10. The lowest BCUT2D eigenvalue weighted by Crippen LogP contribution is -2.26. The first-order valence-electron chi connectivity index (χ1n) is 12.9. The van der Waals surface area contributed by atoms with Crippen LogP contribution >= 0.6 is 11.3 Å². The van der Waals surface area contributed by atoms with Gasteiger partial charge in [-0.1, -0.05) is 0 Å². The molecule has 0 aliphatic heterocycles. The number of nitrogens with one attached hydrogen (secondary N) is 2. The molecule has 1 unspecified atom stereocenters. The van der Waals surface area contributed by atoms with Crippen molar-refractivity contribution in [2.75, 3.05) is 39.0 Å². The Labute approximate surface area is 261 Å². The van der Waals surface area contributed by atoms with Gasteiger partial charge in [0.15, 0.2) is 0 Å². The Morgan fingerprint density at radius 3 is 2.13 bits per heavy atom. The van der Waals surface area contributed by atoms with Crippen LogP contribution in [0.4, 0.5) is 42.2 Å². The second kappa shape index (κ2) is 17.4. The van der Waals surface area contributed by atoms with E-state index in [1.54, 1.807) is 6.07 Å². The Hall–Kier alpha value is -4.30. The van der Waals surface area contributed by atoms with E-state index in [4.69, 9.17) is 30.3 Å². The molecule has 6 N–H and O–H groups in total. The van der Waals surface area contributed by atoms with Crippen LogP contribution in [0, 0.1) is 12.7 Å². The highest BCUT2D eigenvalue weighted by atomic mass is 32.1. The summed E-state index contributed by atoms with van der Waals surface area (Å²) < 4.78 is 83.1. The molecule has 1 aromatic carbocycles. The number of carboxylic acids is 2. The summed E-state index contributed by atoms with van der Waals surface area (Å²) in [6.07, 6.45) is -8.15. The van der Waals surface area contributed by atoms with Gasteiger partial charge in [0.1, 0.15) is 34.6 Å². The number of aliphatic carboxylic acids is 2. The number of ether oxygens (including phenoxy) is 1. The van der Waals surface area contributed by atoms with Crippen LogP contribution in [-0.4, -0.2) is 95.1 Å². The van der Waals surface area contributed by atoms with Crippen LogP contribution in [-0.2, 0) is 9.59 Å². The van der Waals surface area contributed by atoms with Crippen molar-refractivity contribution >= 4 is 50.9 Å². The van der Waals surface area contributed by atoms with Crippen molar-refractivity contribution in [3.05, 3.63) is 40.8 Å². The molecule has 3 rings (SSSR count). The van der Waals surface area contributed by atoms with E-state index in [0.29, 0.717) is 40.1 Å². The summed E-state index contributed by atoms with van der Waals surface area (Å²) in [5, 5.41) is 21.2. The van der Waals surface area contributed by atoms with Crippen LogP contribution in [0.3, 0.4) is 0 Å². The summed E-state index contributed by atoms with van der Waals surface area (Å²) in [7, 11) is 4.00. The lowest BCUT2D eigenvalue weighted by Gasteiger charge is -2.17. The summed E-state index contributed by atoms with van der Waals surface area (Å²) in [6.45, 7) is 5.47. The highest BCUT2D eigenvalue weighted by Gasteiger charge is 2.38. The molecule has 12 nitrogen and oxygen atoms in total. The Kier molecular flexibility index (Phi) is 15.0. The van der Waals surface area contributed by atoms with Gasteiger partial charge in [-0.05, 0) is 58.6 Å². The van der Waals surface area contributed by atoms with Crippen LogP contribution in [0.25, 0.3) is 10.2 Å². The number of aromatic nitrogens is 2. The third-order valence-electron chi connectivity index (χ3n) is 5.34. The number of hydrogen-bond acceptors (Lipinski definition) is 10. The molecule has 256 valence electrons. The Morgan fingerprint density at radius 2 is 1.63 bits per heavy atom. The third kappa shape index (κ3) is 13.0. The number of halogens is 7. The van der Waals surface area contributed by atoms with Crippen LogP contribution in [0.15, 0.2) is 24.5 Å². The second-order valence-corrected chi connectivity index (χ2v) is 10.4. The standard InChI is InChI=1S/C22H29FN6O2S.2C2HF3O2/c1-13(11-24)31-17-10-15(23)6-7-16(17)28-20-18-14(2)19(32-22(18)27-12-26-20)21(30)25-8-5-9-29(3)4;2*3-2(4,5)1(6)7/h6-7,10,12-13H,5,8-9,11,24H2,1-4H3,(H,25,30)(H,26,27,28);2*(H,6,7). The van der Waals surface area contributed by atoms with Crippen molar-refractivity contribution in [1.82, 2.24) is 20.2 Å². The summed E-state index contributed by atoms with van der Waals surface area (Å²) in [6, 6.07) is 4.23. The zero-order valence-electron chi connectivity index (χ0n) is 24.7. The number of carbonyl (C=O) groups excluding carboxylic acids is 1. The molecule has 20 heteroatoms. The van der Waals surface area contributed by atoms with E-state index >= 15 is 0 Å². The van der Waals surface area contributed by atoms with E-state index in [1.165, 1.54) is 29.8 Å². The normalized spacial score (nSPS) is 11.9. The molecule has 0 spiro atoms. The van der Waals surface area contributed by atoms with Gasteiger partial charge in [0.2, 0.25) is 0 Å². The van der Waals surface area contributed by atoms with Gasteiger partial charge in [-0.25, -0.2) is 23.9 Å². The van der Waals surface area contributed by atoms with Gasteiger partial charge in [-0.2, -0.15) is 26.3 Å². The van der Waals surface area contributed by atoms with Crippen molar-refractivity contribution in [3.8, 4) is 5.75 Å². The minimum atomic E-state index is -5.08. The largest absolute Gasteiger partial charge is 0.490 e. The van der Waals surface area contributed by atoms with Gasteiger partial charge in [-0.15, -0.1) is 11.3 Å². The number of nitrogens with two attached hydrogens (primary N) is 1. The Bertz CT molecular complexity index is 1460. The van der Waals surface area contributed by atoms with E-state index < -0.39 is 30.1 Å². The fourth-order valence-corrected chi connectivity index (χ4v) is 4.21. The fourth-order valence-electron chi connectivity index (χ4n) is 3.15. The van der Waals surface area contributed by atoms with Gasteiger partial charge in [0.05, 0.1) is 16.0 Å². The quantitative estimate of drug-likeness (QED) is 0.149. The molecule has 0 saturated heterocycles. The molecular weight excluding hydrogens is 657 g/mol. The number of thiophene rings is 1. The summed E-state index contributed by atoms with van der Waals surface area (Å²) in [5.74, 6) is -5.20. The smallest absolute Gasteiger partial charge is 0.487 e. The molecule has 2 aromatic heterocycles. The monoisotopic (exact) mass is 688 g/mol. The predicted octanol–water partition coefficient (Wildman–Crippen LogP) is 4.56. The number of alkyl halides is 6. The number of anilines is 2. The molecule has 3 aromatic rings. The number of amides is 1. The molecule has 0 fully saturated rings. The van der Waals surface area contributed by atoms with Crippen LogP contribution < -0.4 is 21.1 Å². The molecule has 0 radical (unpaired) electrons. The van der Waals surface area contributed by atoms with Gasteiger partial charge in [0, 0.05) is 19.2 Å². The van der Waals surface area contributed by atoms with Crippen LogP contribution in [0.5, 0.6) is 5.75 Å². The lowest BCUT2D eigenvalue weighted by molar-refractivity contribution is -0.193. The van der Waals surface area contributed by atoms with Gasteiger partial charge >= 0.3 is 24.3 Å². The number of carbonyl (C=O) groups is 3. The SMILES string of the molecule is Cc1c(C(=O)NCCCN(C)C)sc2ncnc(Nc3ccc(F)cc3OC(C)CN)c12.O=C(O)C(F)(F)F.O=C(O)C(F)(F)F. The number of benzene rings is 1. The Balaban J connectivity index is 0.000000629. The topological polar surface area (TPSA) is 180 Å². The molecule has 0 bridgehead atoms. The Morgan fingerprint density at radius 1 is 1.07 bits per heavy atom. The summed E-state index contributed by atoms with van der Waals surface area (Å²) in [4.78, 5) is 42.6. The van der Waals surface area contributed by atoms with Crippen molar-refractivity contribution < 1.29 is 60.1 Å². The zero-order chi connectivity index (χ0) is 35.4. The number of carboxylic acid groups (broad SMARTS) is 2. The number of hydrogen-bond donors (Lipinski definition) is 5. The van der Waals surface area contributed by atoms with Crippen molar-refractivity contribution in [2.45, 2.75) is 38.7 Å². The van der Waals surface area contributed by atoms with E-state index in [0.717, 1.165) is 23.9 Å². The maximum Gasteiger partial charge on any atom is 0.490 e. The molecule has 0 saturated carbocycles. The maximum atomic E-state index is 13.8. The number of aryl methyl sites for hydroxylation is 1. The van der Waals surface area contributed by atoms with Crippen molar-refractivity contribution in [3.63, 3.8) is 0 Å². The number of fused-ring (bicyclic) bond motifs is 1. The first-order valence-corrected chi connectivity index (χ1v) is 13.7. The van der Waals surface area contributed by atoms with Crippen LogP contribution in [0.2, 0.25) is 0 Å². The van der Waals surface area contributed by atoms with Gasteiger partial charge in [-0.3, -0.25) is 4.79 Å². The molecular formula is C26H31F7N6O6S. The highest BCUT2D eigenvalue weighted by Crippen LogP contribution is 2.36. The van der Waals surface area contributed by atoms with E-state index in [1.807, 2.05) is 27.9 Å².